The number of rotatable bonds is 10. The molecule has 1 saturated carbocycles. The van der Waals surface area contributed by atoms with Crippen LogP contribution in [0, 0.1) is 17.3 Å². The molecule has 2 aliphatic rings. The Labute approximate surface area is 167 Å². The third-order valence-corrected chi connectivity index (χ3v) is 6.49. The van der Waals surface area contributed by atoms with Gasteiger partial charge in [0.1, 0.15) is 0 Å². The molecule has 2 fully saturated rings. The molecule has 1 saturated heterocycles. The number of nitrogens with one attached hydrogen (secondary N) is 2. The number of unbranched alkanes of at least 4 members (excludes halogenated alkanes) is 1. The summed E-state index contributed by atoms with van der Waals surface area (Å²) in [5, 5.41) is 7.10. The van der Waals surface area contributed by atoms with E-state index in [1.54, 1.807) is 0 Å². The number of hydrogen-bond acceptors (Lipinski definition) is 3. The van der Waals surface area contributed by atoms with Crippen LogP contribution >= 0.6 is 0 Å². The van der Waals surface area contributed by atoms with Gasteiger partial charge in [0.25, 0.3) is 0 Å². The first-order valence-electron chi connectivity index (χ1n) is 11.2. The highest BCUT2D eigenvalue weighted by Crippen LogP contribution is 2.40. The molecule has 1 aliphatic heterocycles. The lowest BCUT2D eigenvalue weighted by atomic mass is 9.83. The second kappa shape index (κ2) is 11.9. The normalized spacial score (nSPS) is 26.3. The van der Waals surface area contributed by atoms with Crippen LogP contribution in [-0.2, 0) is 4.74 Å². The Morgan fingerprint density at radius 1 is 1.11 bits per heavy atom. The standard InChI is InChI=1S/C22H44N4O/c1-19-15-20(2)17-26(16-19)13-8-7-12-24-21(23-3)25-18-22(11-14-27-4)9-5-6-10-22/h19-20H,5-18H2,1-4H3,(H2,23,24,25). The second-order valence-electron chi connectivity index (χ2n) is 9.22. The average molecular weight is 381 g/mol. The Kier molecular flexibility index (Phi) is 9.91. The average Bonchev–Trinajstić information content (AvgIpc) is 3.10. The summed E-state index contributed by atoms with van der Waals surface area (Å²) in [6.45, 7) is 11.5. The lowest BCUT2D eigenvalue weighted by Gasteiger charge is -2.35. The van der Waals surface area contributed by atoms with Crippen LogP contribution in [0.1, 0.15) is 65.2 Å². The largest absolute Gasteiger partial charge is 0.385 e. The molecule has 0 bridgehead atoms. The van der Waals surface area contributed by atoms with E-state index in [9.17, 15) is 0 Å². The quantitative estimate of drug-likeness (QED) is 0.346. The predicted octanol–water partition coefficient (Wildman–Crippen LogP) is 3.51. The Morgan fingerprint density at radius 2 is 1.81 bits per heavy atom. The highest BCUT2D eigenvalue weighted by Gasteiger charge is 2.33. The fraction of sp³-hybridized carbons (Fsp3) is 0.955. The van der Waals surface area contributed by atoms with Crippen LogP contribution in [0.2, 0.25) is 0 Å². The summed E-state index contributed by atoms with van der Waals surface area (Å²) in [5.41, 5.74) is 0.398. The van der Waals surface area contributed by atoms with E-state index in [1.165, 1.54) is 64.6 Å². The Bertz CT molecular complexity index is 424. The van der Waals surface area contributed by atoms with Gasteiger partial charge < -0.3 is 20.3 Å². The van der Waals surface area contributed by atoms with Gasteiger partial charge in [-0.2, -0.15) is 0 Å². The summed E-state index contributed by atoms with van der Waals surface area (Å²) >= 11 is 0. The van der Waals surface area contributed by atoms with Gasteiger partial charge in [-0.05, 0) is 62.3 Å². The monoisotopic (exact) mass is 380 g/mol. The van der Waals surface area contributed by atoms with Crippen LogP contribution in [-0.4, -0.2) is 64.3 Å². The summed E-state index contributed by atoms with van der Waals surface area (Å²) < 4.78 is 5.34. The SMILES string of the molecule is CN=C(NCCCCN1CC(C)CC(C)C1)NCC1(CCOC)CCCC1. The number of methoxy groups -OCH3 is 1. The van der Waals surface area contributed by atoms with Crippen molar-refractivity contribution in [2.45, 2.75) is 65.2 Å². The highest BCUT2D eigenvalue weighted by molar-refractivity contribution is 5.79. The molecule has 5 heteroatoms. The fourth-order valence-electron chi connectivity index (χ4n) is 5.09. The molecule has 0 spiro atoms. The molecule has 2 atom stereocenters. The lowest BCUT2D eigenvalue weighted by Crippen LogP contribution is -2.43. The number of piperidine rings is 1. The maximum Gasteiger partial charge on any atom is 0.190 e. The molecule has 0 aromatic rings. The summed E-state index contributed by atoms with van der Waals surface area (Å²) in [4.78, 5) is 7.08. The molecular weight excluding hydrogens is 336 g/mol. The van der Waals surface area contributed by atoms with Crippen LogP contribution < -0.4 is 10.6 Å². The summed E-state index contributed by atoms with van der Waals surface area (Å²) in [6, 6.07) is 0. The molecule has 1 aliphatic carbocycles. The second-order valence-corrected chi connectivity index (χ2v) is 9.22. The van der Waals surface area contributed by atoms with Gasteiger partial charge >= 0.3 is 0 Å². The lowest BCUT2D eigenvalue weighted by molar-refractivity contribution is 0.138. The van der Waals surface area contributed by atoms with Crippen LogP contribution in [0.4, 0.5) is 0 Å². The van der Waals surface area contributed by atoms with Crippen LogP contribution in [0.15, 0.2) is 4.99 Å². The molecule has 2 rings (SSSR count). The Balaban J connectivity index is 1.61. The highest BCUT2D eigenvalue weighted by atomic mass is 16.5. The van der Waals surface area contributed by atoms with Gasteiger partial charge in [0, 0.05) is 46.9 Å². The first-order chi connectivity index (χ1) is 13.1. The predicted molar refractivity (Wildman–Crippen MR) is 115 cm³/mol. The molecule has 158 valence electrons. The number of hydrogen-bond donors (Lipinski definition) is 2. The molecule has 1 heterocycles. The first kappa shape index (κ1) is 22.5. The van der Waals surface area contributed by atoms with Crippen molar-refractivity contribution < 1.29 is 4.74 Å². The van der Waals surface area contributed by atoms with E-state index in [0.717, 1.165) is 43.9 Å². The zero-order valence-electron chi connectivity index (χ0n) is 18.4. The minimum Gasteiger partial charge on any atom is -0.385 e. The fourth-order valence-corrected chi connectivity index (χ4v) is 5.09. The number of aliphatic imine (C=N–C) groups is 1. The summed E-state index contributed by atoms with van der Waals surface area (Å²) in [5.74, 6) is 2.67. The zero-order chi connectivity index (χ0) is 19.5. The maximum absolute atomic E-state index is 5.34. The van der Waals surface area contributed by atoms with Crippen molar-refractivity contribution >= 4 is 5.96 Å². The van der Waals surface area contributed by atoms with E-state index in [4.69, 9.17) is 4.74 Å². The molecule has 0 amide bonds. The topological polar surface area (TPSA) is 48.9 Å². The molecular formula is C22H44N4O. The van der Waals surface area contributed by atoms with Gasteiger partial charge in [-0.1, -0.05) is 26.7 Å². The van der Waals surface area contributed by atoms with Crippen molar-refractivity contribution in [3.05, 3.63) is 0 Å². The van der Waals surface area contributed by atoms with E-state index >= 15 is 0 Å². The van der Waals surface area contributed by atoms with Gasteiger partial charge in [-0.3, -0.25) is 4.99 Å². The third-order valence-electron chi connectivity index (χ3n) is 6.49. The van der Waals surface area contributed by atoms with Gasteiger partial charge in [0.2, 0.25) is 0 Å². The maximum atomic E-state index is 5.34. The van der Waals surface area contributed by atoms with Gasteiger partial charge in [0.05, 0.1) is 0 Å². The van der Waals surface area contributed by atoms with Crippen molar-refractivity contribution in [3.8, 4) is 0 Å². The van der Waals surface area contributed by atoms with Crippen molar-refractivity contribution in [2.75, 3.05) is 53.5 Å². The third kappa shape index (κ3) is 7.98. The molecule has 27 heavy (non-hydrogen) atoms. The van der Waals surface area contributed by atoms with E-state index in [2.05, 4.69) is 34.4 Å². The van der Waals surface area contributed by atoms with E-state index < -0.39 is 0 Å². The van der Waals surface area contributed by atoms with Crippen molar-refractivity contribution in [1.29, 1.82) is 0 Å². The first-order valence-corrected chi connectivity index (χ1v) is 11.2. The smallest absolute Gasteiger partial charge is 0.190 e. The zero-order valence-corrected chi connectivity index (χ0v) is 18.4. The van der Waals surface area contributed by atoms with E-state index in [0.29, 0.717) is 5.41 Å². The molecule has 0 radical (unpaired) electrons. The number of guanidine groups is 1. The number of ether oxygens (including phenoxy) is 1. The minimum absolute atomic E-state index is 0.398. The van der Waals surface area contributed by atoms with Crippen LogP contribution in [0.25, 0.3) is 0 Å². The number of likely N-dealkylation sites (tertiary alicyclic amines) is 1. The van der Waals surface area contributed by atoms with Crippen molar-refractivity contribution in [1.82, 2.24) is 15.5 Å². The molecule has 0 aromatic carbocycles. The molecule has 5 nitrogen and oxygen atoms in total. The van der Waals surface area contributed by atoms with E-state index in [1.807, 2.05) is 14.2 Å². The van der Waals surface area contributed by atoms with E-state index in [-0.39, 0.29) is 0 Å². The minimum atomic E-state index is 0.398. The molecule has 0 aromatic heterocycles. The van der Waals surface area contributed by atoms with Crippen molar-refractivity contribution in [2.24, 2.45) is 22.2 Å². The summed E-state index contributed by atoms with van der Waals surface area (Å²) in [6.07, 6.45) is 10.3. The molecule has 2 N–H and O–H groups in total. The van der Waals surface area contributed by atoms with Gasteiger partial charge in [-0.25, -0.2) is 0 Å². The van der Waals surface area contributed by atoms with Crippen LogP contribution in [0.3, 0.4) is 0 Å². The Morgan fingerprint density at radius 3 is 2.44 bits per heavy atom. The molecule has 2 unspecified atom stereocenters. The van der Waals surface area contributed by atoms with Gasteiger partial charge in [0.15, 0.2) is 5.96 Å². The van der Waals surface area contributed by atoms with Gasteiger partial charge in [-0.15, -0.1) is 0 Å². The van der Waals surface area contributed by atoms with Crippen LogP contribution in [0.5, 0.6) is 0 Å². The van der Waals surface area contributed by atoms with Crippen molar-refractivity contribution in [3.63, 3.8) is 0 Å². The Hall–Kier alpha value is -0.810. The number of nitrogens with zero attached hydrogens (tertiary/aromatic N) is 2. The summed E-state index contributed by atoms with van der Waals surface area (Å²) in [7, 11) is 3.68.